The summed E-state index contributed by atoms with van der Waals surface area (Å²) in [6, 6.07) is 4.09. The van der Waals surface area contributed by atoms with E-state index in [2.05, 4.69) is 5.32 Å². The van der Waals surface area contributed by atoms with Crippen LogP contribution in [0, 0.1) is 5.82 Å². The normalized spacial score (nSPS) is 12.4. The Bertz CT molecular complexity index is 498. The molecular weight excluding hydrogens is 277 g/mol. The van der Waals surface area contributed by atoms with Crippen LogP contribution in [0.2, 0.25) is 5.02 Å². The number of carbonyl (C=O) groups is 2. The summed E-state index contributed by atoms with van der Waals surface area (Å²) in [6.45, 7) is -0.441. The molecule has 1 aromatic rings. The van der Waals surface area contributed by atoms with Gasteiger partial charge in [0.15, 0.2) is 6.10 Å². The number of aliphatic carboxylic acids is 1. The van der Waals surface area contributed by atoms with Crippen molar-refractivity contribution >= 4 is 29.6 Å². The van der Waals surface area contributed by atoms with E-state index < -0.39 is 30.3 Å². The van der Waals surface area contributed by atoms with Crippen LogP contribution in [0.15, 0.2) is 24.3 Å². The minimum absolute atomic E-state index is 0.0538. The summed E-state index contributed by atoms with van der Waals surface area (Å²) in [5, 5.41) is 19.6. The van der Waals surface area contributed by atoms with E-state index in [1.165, 1.54) is 24.3 Å². The number of hydrogen-bond acceptors (Lipinski definition) is 3. The summed E-state index contributed by atoms with van der Waals surface area (Å²) in [5.41, 5.74) is 0.0538. The SMILES string of the molecule is O=C(/C=C/c1c(F)cccc1Cl)NC[C@H](O)C(=O)O. The van der Waals surface area contributed by atoms with Crippen LogP contribution in [0.1, 0.15) is 5.56 Å². The van der Waals surface area contributed by atoms with Gasteiger partial charge in [0.05, 0.1) is 11.6 Å². The van der Waals surface area contributed by atoms with E-state index in [-0.39, 0.29) is 10.6 Å². The van der Waals surface area contributed by atoms with E-state index in [4.69, 9.17) is 21.8 Å². The van der Waals surface area contributed by atoms with Crippen LogP contribution in [0.4, 0.5) is 4.39 Å². The molecule has 0 spiro atoms. The summed E-state index contributed by atoms with van der Waals surface area (Å²) >= 11 is 5.74. The predicted molar refractivity (Wildman–Crippen MR) is 67.1 cm³/mol. The zero-order chi connectivity index (χ0) is 14.4. The fourth-order valence-electron chi connectivity index (χ4n) is 1.17. The second-order valence-electron chi connectivity index (χ2n) is 3.57. The minimum atomic E-state index is -1.69. The smallest absolute Gasteiger partial charge is 0.334 e. The molecule has 0 aromatic heterocycles. The average molecular weight is 288 g/mol. The summed E-state index contributed by atoms with van der Waals surface area (Å²) < 4.78 is 13.3. The summed E-state index contributed by atoms with van der Waals surface area (Å²) in [7, 11) is 0. The van der Waals surface area contributed by atoms with Gasteiger partial charge in [0.1, 0.15) is 5.82 Å². The van der Waals surface area contributed by atoms with Crippen molar-refractivity contribution in [2.75, 3.05) is 6.54 Å². The van der Waals surface area contributed by atoms with Crippen molar-refractivity contribution in [3.05, 3.63) is 40.7 Å². The molecule has 0 saturated carbocycles. The van der Waals surface area contributed by atoms with Crippen molar-refractivity contribution in [1.29, 1.82) is 0 Å². The maximum Gasteiger partial charge on any atom is 0.334 e. The molecule has 19 heavy (non-hydrogen) atoms. The lowest BCUT2D eigenvalue weighted by Crippen LogP contribution is -2.35. The number of aliphatic hydroxyl groups is 1. The maximum atomic E-state index is 13.3. The molecule has 1 aromatic carbocycles. The molecule has 0 aliphatic carbocycles. The van der Waals surface area contributed by atoms with Gasteiger partial charge in [0, 0.05) is 11.6 Å². The number of hydrogen-bond donors (Lipinski definition) is 3. The van der Waals surface area contributed by atoms with E-state index in [9.17, 15) is 14.0 Å². The first kappa shape index (κ1) is 15.1. The number of carbonyl (C=O) groups excluding carboxylic acids is 1. The molecule has 0 aliphatic heterocycles. The highest BCUT2D eigenvalue weighted by atomic mass is 35.5. The van der Waals surface area contributed by atoms with Crippen molar-refractivity contribution in [1.82, 2.24) is 5.32 Å². The van der Waals surface area contributed by atoms with Gasteiger partial charge in [0.2, 0.25) is 5.91 Å². The standard InChI is InChI=1S/C12H11ClFNO4/c13-8-2-1-3-9(14)7(8)4-5-11(17)15-6-10(16)12(18)19/h1-5,10,16H,6H2,(H,15,17)(H,18,19)/b5-4+/t10-/m0/s1. The van der Waals surface area contributed by atoms with Crippen molar-refractivity contribution in [2.24, 2.45) is 0 Å². The third-order valence-corrected chi connectivity index (χ3v) is 2.49. The van der Waals surface area contributed by atoms with E-state index in [1.807, 2.05) is 0 Å². The molecule has 0 aliphatic rings. The molecule has 0 heterocycles. The number of halogens is 2. The molecule has 7 heteroatoms. The minimum Gasteiger partial charge on any atom is -0.479 e. The number of carboxylic acid groups (broad SMARTS) is 1. The number of aliphatic hydroxyl groups excluding tert-OH is 1. The number of rotatable bonds is 5. The molecule has 1 atom stereocenters. The van der Waals surface area contributed by atoms with Crippen molar-refractivity contribution in [3.8, 4) is 0 Å². The van der Waals surface area contributed by atoms with Gasteiger partial charge >= 0.3 is 5.97 Å². The Morgan fingerprint density at radius 1 is 1.47 bits per heavy atom. The van der Waals surface area contributed by atoms with E-state index in [0.717, 1.165) is 6.08 Å². The average Bonchev–Trinajstić information content (AvgIpc) is 2.35. The molecule has 0 fully saturated rings. The first-order valence-electron chi connectivity index (χ1n) is 5.22. The van der Waals surface area contributed by atoms with Crippen molar-refractivity contribution in [2.45, 2.75) is 6.10 Å². The molecule has 0 unspecified atom stereocenters. The van der Waals surface area contributed by atoms with Crippen LogP contribution >= 0.6 is 11.6 Å². The highest BCUT2D eigenvalue weighted by Crippen LogP contribution is 2.20. The Balaban J connectivity index is 2.62. The highest BCUT2D eigenvalue weighted by Gasteiger charge is 2.13. The monoisotopic (exact) mass is 287 g/mol. The highest BCUT2D eigenvalue weighted by molar-refractivity contribution is 6.32. The van der Waals surface area contributed by atoms with Gasteiger partial charge < -0.3 is 15.5 Å². The molecule has 5 nitrogen and oxygen atoms in total. The molecule has 102 valence electrons. The number of benzene rings is 1. The Morgan fingerprint density at radius 2 is 2.16 bits per heavy atom. The van der Waals surface area contributed by atoms with Crippen LogP contribution < -0.4 is 5.32 Å². The molecule has 0 saturated heterocycles. The largest absolute Gasteiger partial charge is 0.479 e. The first-order valence-corrected chi connectivity index (χ1v) is 5.60. The lowest BCUT2D eigenvalue weighted by molar-refractivity contribution is -0.146. The Labute approximate surface area is 113 Å². The Morgan fingerprint density at radius 3 is 2.74 bits per heavy atom. The van der Waals surface area contributed by atoms with Gasteiger partial charge in [-0.3, -0.25) is 4.79 Å². The molecule has 1 rings (SSSR count). The molecule has 0 radical (unpaired) electrons. The van der Waals surface area contributed by atoms with Crippen molar-refractivity contribution in [3.63, 3.8) is 0 Å². The third-order valence-electron chi connectivity index (χ3n) is 2.16. The fourth-order valence-corrected chi connectivity index (χ4v) is 1.40. The second kappa shape index (κ2) is 6.86. The predicted octanol–water partition coefficient (Wildman–Crippen LogP) is 1.05. The number of nitrogens with one attached hydrogen (secondary N) is 1. The second-order valence-corrected chi connectivity index (χ2v) is 3.98. The summed E-state index contributed by atoms with van der Waals surface area (Å²) in [5.74, 6) is -2.69. The lowest BCUT2D eigenvalue weighted by atomic mass is 10.2. The van der Waals surface area contributed by atoms with Crippen LogP contribution in [0.25, 0.3) is 6.08 Å². The molecule has 0 bridgehead atoms. The van der Waals surface area contributed by atoms with Gasteiger partial charge in [-0.05, 0) is 18.2 Å². The zero-order valence-corrected chi connectivity index (χ0v) is 10.4. The lowest BCUT2D eigenvalue weighted by Gasteiger charge is -2.05. The van der Waals surface area contributed by atoms with E-state index in [1.54, 1.807) is 0 Å². The molecule has 1 amide bonds. The van der Waals surface area contributed by atoms with Crippen molar-refractivity contribution < 1.29 is 24.2 Å². The van der Waals surface area contributed by atoms with E-state index >= 15 is 0 Å². The van der Waals surface area contributed by atoms with Gasteiger partial charge in [-0.15, -0.1) is 0 Å². The van der Waals surface area contributed by atoms with E-state index in [0.29, 0.717) is 0 Å². The van der Waals surface area contributed by atoms with Crippen LogP contribution in [-0.4, -0.2) is 34.7 Å². The number of amides is 1. The van der Waals surface area contributed by atoms with Crippen LogP contribution in [-0.2, 0) is 9.59 Å². The fraction of sp³-hybridized carbons (Fsp3) is 0.167. The summed E-state index contributed by atoms with van der Waals surface area (Å²) in [4.78, 5) is 21.6. The number of carboxylic acids is 1. The van der Waals surface area contributed by atoms with Gasteiger partial charge in [0.25, 0.3) is 0 Å². The Kier molecular flexibility index (Phi) is 5.47. The van der Waals surface area contributed by atoms with Gasteiger partial charge in [-0.25, -0.2) is 9.18 Å². The zero-order valence-electron chi connectivity index (χ0n) is 9.64. The maximum absolute atomic E-state index is 13.3. The molecular formula is C12H11ClFNO4. The van der Waals surface area contributed by atoms with Crippen LogP contribution in [0.5, 0.6) is 0 Å². The molecule has 3 N–H and O–H groups in total. The quantitative estimate of drug-likeness (QED) is 0.707. The summed E-state index contributed by atoms with van der Waals surface area (Å²) in [6.07, 6.45) is 0.480. The third kappa shape index (κ3) is 4.69. The Hall–Kier alpha value is -1.92. The first-order chi connectivity index (χ1) is 8.91. The van der Waals surface area contributed by atoms with Gasteiger partial charge in [-0.2, -0.15) is 0 Å². The van der Waals surface area contributed by atoms with Crippen LogP contribution in [0.3, 0.4) is 0 Å². The topological polar surface area (TPSA) is 86.6 Å². The van der Waals surface area contributed by atoms with Gasteiger partial charge in [-0.1, -0.05) is 17.7 Å².